The molecule has 0 unspecified atom stereocenters. The van der Waals surface area contributed by atoms with E-state index in [9.17, 15) is 4.79 Å². The number of nitrogens with zero attached hydrogens (tertiary/aromatic N) is 1. The van der Waals surface area contributed by atoms with Gasteiger partial charge in [-0.2, -0.15) is 0 Å². The summed E-state index contributed by atoms with van der Waals surface area (Å²) in [4.78, 5) is 16.1. The zero-order chi connectivity index (χ0) is 15.8. The molecule has 1 aliphatic rings. The molecule has 2 aromatic heterocycles. The summed E-state index contributed by atoms with van der Waals surface area (Å²) < 4.78 is 5.03. The Bertz CT molecular complexity index is 862. The normalized spacial score (nSPS) is 17.2. The van der Waals surface area contributed by atoms with Gasteiger partial charge in [0.05, 0.1) is 12.5 Å². The smallest absolute Gasteiger partial charge is 0.229 e. The second kappa shape index (κ2) is 5.57. The fourth-order valence-electron chi connectivity index (χ4n) is 3.48. The van der Waals surface area contributed by atoms with Crippen molar-refractivity contribution in [1.29, 1.82) is 0 Å². The van der Waals surface area contributed by atoms with E-state index >= 15 is 0 Å². The Kier molecular flexibility index (Phi) is 3.41. The molecular formula is C18H19N3O2. The first kappa shape index (κ1) is 14.1. The first-order valence-corrected chi connectivity index (χ1v) is 8.02. The second-order valence-electron chi connectivity index (χ2n) is 6.15. The van der Waals surface area contributed by atoms with Crippen LogP contribution in [0, 0.1) is 6.92 Å². The minimum Gasteiger partial charge on any atom is -0.361 e. The molecule has 23 heavy (non-hydrogen) atoms. The molecule has 2 N–H and O–H groups in total. The fourth-order valence-corrected chi connectivity index (χ4v) is 3.48. The van der Waals surface area contributed by atoms with Gasteiger partial charge in [-0.25, -0.2) is 0 Å². The molecule has 5 heteroatoms. The van der Waals surface area contributed by atoms with Crippen molar-refractivity contribution in [1.82, 2.24) is 15.5 Å². The van der Waals surface area contributed by atoms with Crippen LogP contribution in [0.15, 0.2) is 34.9 Å². The molecule has 4 rings (SSSR count). The molecule has 1 aliphatic carbocycles. The van der Waals surface area contributed by atoms with Crippen molar-refractivity contribution in [3.05, 3.63) is 53.0 Å². The highest BCUT2D eigenvalue weighted by atomic mass is 16.5. The van der Waals surface area contributed by atoms with E-state index < -0.39 is 0 Å². The monoisotopic (exact) mass is 309 g/mol. The van der Waals surface area contributed by atoms with Gasteiger partial charge in [0.1, 0.15) is 11.5 Å². The van der Waals surface area contributed by atoms with Crippen molar-refractivity contribution < 1.29 is 9.32 Å². The van der Waals surface area contributed by atoms with E-state index in [1.807, 2.05) is 25.1 Å². The molecule has 118 valence electrons. The topological polar surface area (TPSA) is 70.9 Å². The van der Waals surface area contributed by atoms with E-state index in [2.05, 4.69) is 27.6 Å². The number of aryl methyl sites for hydroxylation is 2. The number of amides is 1. The van der Waals surface area contributed by atoms with Gasteiger partial charge in [0, 0.05) is 22.7 Å². The zero-order valence-electron chi connectivity index (χ0n) is 13.1. The maximum atomic E-state index is 12.6. The number of rotatable bonds is 3. The molecule has 0 aliphatic heterocycles. The SMILES string of the molecule is Cc1cc(CNC(=O)[C@@H]2CCCc3c2[nH]c2ccccc32)no1. The minimum absolute atomic E-state index is 0.0539. The third-order valence-electron chi connectivity index (χ3n) is 4.55. The van der Waals surface area contributed by atoms with Crippen molar-refractivity contribution in [2.45, 2.75) is 38.6 Å². The van der Waals surface area contributed by atoms with Crippen molar-refractivity contribution >= 4 is 16.8 Å². The fraction of sp³-hybridized carbons (Fsp3) is 0.333. The molecule has 0 spiro atoms. The summed E-state index contributed by atoms with van der Waals surface area (Å²) in [5.74, 6) is 0.696. The van der Waals surface area contributed by atoms with Crippen molar-refractivity contribution in [3.63, 3.8) is 0 Å². The van der Waals surface area contributed by atoms with Crippen LogP contribution in [0.1, 0.15) is 41.5 Å². The van der Waals surface area contributed by atoms with Crippen LogP contribution in [-0.4, -0.2) is 16.0 Å². The molecule has 0 saturated heterocycles. The van der Waals surface area contributed by atoms with Crippen molar-refractivity contribution in [2.24, 2.45) is 0 Å². The summed E-state index contributed by atoms with van der Waals surface area (Å²) in [6.07, 6.45) is 2.95. The highest BCUT2D eigenvalue weighted by molar-refractivity contribution is 5.90. The lowest BCUT2D eigenvalue weighted by molar-refractivity contribution is -0.123. The Morgan fingerprint density at radius 1 is 1.43 bits per heavy atom. The lowest BCUT2D eigenvalue weighted by atomic mass is 9.86. The van der Waals surface area contributed by atoms with E-state index in [4.69, 9.17) is 4.52 Å². The van der Waals surface area contributed by atoms with Gasteiger partial charge in [-0.1, -0.05) is 23.4 Å². The summed E-state index contributed by atoms with van der Waals surface area (Å²) in [5.41, 5.74) is 4.24. The average Bonchev–Trinajstić information content (AvgIpc) is 3.15. The van der Waals surface area contributed by atoms with Crippen LogP contribution >= 0.6 is 0 Å². The summed E-state index contributed by atoms with van der Waals surface area (Å²) in [7, 11) is 0. The number of carbonyl (C=O) groups is 1. The highest BCUT2D eigenvalue weighted by Gasteiger charge is 2.29. The summed E-state index contributed by atoms with van der Waals surface area (Å²) in [5, 5.41) is 8.14. The molecule has 0 saturated carbocycles. The number of nitrogens with one attached hydrogen (secondary N) is 2. The van der Waals surface area contributed by atoms with Crippen LogP contribution in [-0.2, 0) is 17.8 Å². The summed E-state index contributed by atoms with van der Waals surface area (Å²) >= 11 is 0. The van der Waals surface area contributed by atoms with Crippen LogP contribution in [0.3, 0.4) is 0 Å². The van der Waals surface area contributed by atoms with Gasteiger partial charge in [0.2, 0.25) is 5.91 Å². The maximum absolute atomic E-state index is 12.6. The average molecular weight is 309 g/mol. The third kappa shape index (κ3) is 2.52. The molecule has 0 radical (unpaired) electrons. The lowest BCUT2D eigenvalue weighted by Gasteiger charge is -2.21. The molecule has 0 bridgehead atoms. The first-order valence-electron chi connectivity index (χ1n) is 8.02. The number of carbonyl (C=O) groups excluding carboxylic acids is 1. The van der Waals surface area contributed by atoms with E-state index in [1.54, 1.807) is 0 Å². The van der Waals surface area contributed by atoms with Gasteiger partial charge >= 0.3 is 0 Å². The molecule has 0 fully saturated rings. The van der Waals surface area contributed by atoms with Crippen LogP contribution < -0.4 is 5.32 Å². The molecule has 3 aromatic rings. The molecular weight excluding hydrogens is 290 g/mol. The Balaban J connectivity index is 1.57. The van der Waals surface area contributed by atoms with Crippen LogP contribution in [0.2, 0.25) is 0 Å². The lowest BCUT2D eigenvalue weighted by Crippen LogP contribution is -2.31. The van der Waals surface area contributed by atoms with E-state index in [0.29, 0.717) is 6.54 Å². The largest absolute Gasteiger partial charge is 0.361 e. The molecule has 2 heterocycles. The van der Waals surface area contributed by atoms with E-state index in [1.165, 1.54) is 10.9 Å². The Morgan fingerprint density at radius 2 is 2.30 bits per heavy atom. The third-order valence-corrected chi connectivity index (χ3v) is 4.55. The van der Waals surface area contributed by atoms with Gasteiger partial charge < -0.3 is 14.8 Å². The molecule has 1 amide bonds. The molecule has 1 aromatic carbocycles. The van der Waals surface area contributed by atoms with Crippen LogP contribution in [0.5, 0.6) is 0 Å². The van der Waals surface area contributed by atoms with Crippen molar-refractivity contribution in [2.75, 3.05) is 0 Å². The predicted molar refractivity (Wildman–Crippen MR) is 87.1 cm³/mol. The second-order valence-corrected chi connectivity index (χ2v) is 6.15. The van der Waals surface area contributed by atoms with Crippen molar-refractivity contribution in [3.8, 4) is 0 Å². The number of hydrogen-bond acceptors (Lipinski definition) is 3. The highest BCUT2D eigenvalue weighted by Crippen LogP contribution is 2.36. The van der Waals surface area contributed by atoms with Crippen LogP contribution in [0.25, 0.3) is 10.9 Å². The number of benzene rings is 1. The van der Waals surface area contributed by atoms with Gasteiger partial charge in [-0.05, 0) is 37.8 Å². The van der Waals surface area contributed by atoms with Gasteiger partial charge in [-0.15, -0.1) is 0 Å². The predicted octanol–water partition coefficient (Wildman–Crippen LogP) is 3.20. The Morgan fingerprint density at radius 3 is 3.13 bits per heavy atom. The number of aromatic amines is 1. The van der Waals surface area contributed by atoms with Gasteiger partial charge in [-0.3, -0.25) is 4.79 Å². The number of fused-ring (bicyclic) bond motifs is 3. The zero-order valence-corrected chi connectivity index (χ0v) is 13.1. The summed E-state index contributed by atoms with van der Waals surface area (Å²) in [6, 6.07) is 10.1. The number of hydrogen-bond donors (Lipinski definition) is 2. The number of aromatic nitrogens is 2. The maximum Gasteiger partial charge on any atom is 0.229 e. The Labute approximate surface area is 134 Å². The molecule has 1 atom stereocenters. The quantitative estimate of drug-likeness (QED) is 0.780. The van der Waals surface area contributed by atoms with E-state index in [-0.39, 0.29) is 11.8 Å². The number of H-pyrrole nitrogens is 1. The van der Waals surface area contributed by atoms with Gasteiger partial charge in [0.15, 0.2) is 0 Å². The van der Waals surface area contributed by atoms with E-state index in [0.717, 1.165) is 41.9 Å². The number of para-hydroxylation sites is 1. The minimum atomic E-state index is -0.112. The molecule has 5 nitrogen and oxygen atoms in total. The van der Waals surface area contributed by atoms with Crippen LogP contribution in [0.4, 0.5) is 0 Å². The van der Waals surface area contributed by atoms with Gasteiger partial charge in [0.25, 0.3) is 0 Å². The summed E-state index contributed by atoms with van der Waals surface area (Å²) in [6.45, 7) is 2.25. The Hall–Kier alpha value is -2.56. The first-order chi connectivity index (χ1) is 11.2. The standard InChI is InChI=1S/C18H19N3O2/c1-11-9-12(21-23-11)10-19-18(22)15-7-4-6-14-13-5-2-3-8-16(13)20-17(14)15/h2-3,5,8-9,15,20H,4,6-7,10H2,1H3,(H,19,22)/t15-/m1/s1.